The van der Waals surface area contributed by atoms with E-state index >= 15 is 0 Å². The minimum Gasteiger partial charge on any atom is -0.385 e. The second kappa shape index (κ2) is 14.8. The predicted molar refractivity (Wildman–Crippen MR) is 120 cm³/mol. The third kappa shape index (κ3) is 9.25. The van der Waals surface area contributed by atoms with Crippen LogP contribution in [0.5, 0.6) is 0 Å². The summed E-state index contributed by atoms with van der Waals surface area (Å²) in [6.45, 7) is 13.4. The molecular weight excluding hydrogens is 459 g/mol. The van der Waals surface area contributed by atoms with E-state index in [1.165, 1.54) is 0 Å². The van der Waals surface area contributed by atoms with Gasteiger partial charge in [-0.1, -0.05) is 0 Å². The number of piperidine rings is 1. The number of nitrogens with one attached hydrogen (secondary N) is 1. The Hall–Kier alpha value is -0.160. The van der Waals surface area contributed by atoms with E-state index in [0.717, 1.165) is 90.9 Å². The number of ether oxygens (including phenoxy) is 3. The highest BCUT2D eigenvalue weighted by molar-refractivity contribution is 14.0. The van der Waals surface area contributed by atoms with Gasteiger partial charge in [-0.3, -0.25) is 9.89 Å². The Balaban J connectivity index is 0.00000364. The molecule has 7 nitrogen and oxygen atoms in total. The molecule has 2 heterocycles. The van der Waals surface area contributed by atoms with Crippen LogP contribution in [0, 0.1) is 0 Å². The fraction of sp³-hybridized carbons (Fsp3) is 0.947. The largest absolute Gasteiger partial charge is 0.385 e. The van der Waals surface area contributed by atoms with Crippen molar-refractivity contribution in [2.24, 2.45) is 4.99 Å². The van der Waals surface area contributed by atoms with Crippen LogP contribution in [0.3, 0.4) is 0 Å². The molecule has 2 saturated heterocycles. The van der Waals surface area contributed by atoms with Crippen LogP contribution < -0.4 is 5.32 Å². The summed E-state index contributed by atoms with van der Waals surface area (Å²) in [6.07, 6.45) is 3.48. The van der Waals surface area contributed by atoms with Crippen LogP contribution >= 0.6 is 24.0 Å². The van der Waals surface area contributed by atoms with E-state index in [1.54, 1.807) is 7.11 Å². The summed E-state index contributed by atoms with van der Waals surface area (Å²) in [6, 6.07) is 0.453. The number of rotatable bonds is 9. The number of hydrogen-bond donors (Lipinski definition) is 1. The average molecular weight is 498 g/mol. The normalized spacial score (nSPS) is 21.0. The van der Waals surface area contributed by atoms with Crippen LogP contribution in [0.1, 0.15) is 33.1 Å². The van der Waals surface area contributed by atoms with Crippen LogP contribution in [0.2, 0.25) is 0 Å². The van der Waals surface area contributed by atoms with Crippen LogP contribution in [0.15, 0.2) is 4.99 Å². The van der Waals surface area contributed by atoms with Gasteiger partial charge < -0.3 is 24.4 Å². The Labute approximate surface area is 182 Å². The fourth-order valence-electron chi connectivity index (χ4n) is 3.47. The molecule has 0 saturated carbocycles. The Kier molecular flexibility index (Phi) is 13.6. The number of nitrogens with zero attached hydrogens (tertiary/aromatic N) is 3. The molecule has 0 aliphatic carbocycles. The summed E-state index contributed by atoms with van der Waals surface area (Å²) < 4.78 is 16.5. The molecule has 1 N–H and O–H groups in total. The number of aliphatic imine (C=N–C) groups is 1. The molecule has 2 rings (SSSR count). The number of hydrogen-bond acceptors (Lipinski definition) is 5. The van der Waals surface area contributed by atoms with Gasteiger partial charge in [-0.05, 0) is 33.1 Å². The second-order valence-corrected chi connectivity index (χ2v) is 7.10. The lowest BCUT2D eigenvalue weighted by atomic mass is 10.1. The van der Waals surface area contributed by atoms with Crippen molar-refractivity contribution < 1.29 is 14.2 Å². The Morgan fingerprint density at radius 3 is 2.52 bits per heavy atom. The van der Waals surface area contributed by atoms with Gasteiger partial charge >= 0.3 is 0 Å². The molecular formula is C19H39IN4O3. The predicted octanol–water partition coefficient (Wildman–Crippen LogP) is 1.81. The van der Waals surface area contributed by atoms with E-state index in [0.29, 0.717) is 12.1 Å². The molecule has 0 aromatic carbocycles. The number of likely N-dealkylation sites (tertiary alicyclic amines) is 1. The highest BCUT2D eigenvalue weighted by Gasteiger charge is 2.22. The monoisotopic (exact) mass is 498 g/mol. The van der Waals surface area contributed by atoms with E-state index in [1.807, 2.05) is 0 Å². The summed E-state index contributed by atoms with van der Waals surface area (Å²) in [5.41, 5.74) is 0. The molecule has 0 amide bonds. The first-order valence-corrected chi connectivity index (χ1v) is 10.2. The number of methoxy groups -OCH3 is 1. The summed E-state index contributed by atoms with van der Waals surface area (Å²) in [5.74, 6) is 1.05. The molecule has 0 radical (unpaired) electrons. The Bertz CT molecular complexity index is 400. The van der Waals surface area contributed by atoms with E-state index in [9.17, 15) is 0 Å². The molecule has 1 unspecified atom stereocenters. The molecule has 0 spiro atoms. The number of guanidine groups is 1. The van der Waals surface area contributed by atoms with Crippen molar-refractivity contribution in [3.63, 3.8) is 0 Å². The van der Waals surface area contributed by atoms with Gasteiger partial charge in [-0.2, -0.15) is 0 Å². The van der Waals surface area contributed by atoms with Gasteiger partial charge in [0.05, 0.1) is 25.9 Å². The average Bonchev–Trinajstić information content (AvgIpc) is 2.69. The zero-order chi connectivity index (χ0) is 18.6. The van der Waals surface area contributed by atoms with Gasteiger partial charge in [0.2, 0.25) is 0 Å². The van der Waals surface area contributed by atoms with Crippen LogP contribution in [-0.4, -0.2) is 101 Å². The standard InChI is InChI=1S/C19H38N4O3.HI/c1-4-20-19(21-16-17(2)22-10-14-25-15-11-22)23-8-6-18(7-9-23)26-13-5-12-24-3;/h17-18H,4-16H2,1-3H3,(H,20,21);1H. The van der Waals surface area contributed by atoms with Crippen molar-refractivity contribution in [2.75, 3.05) is 72.8 Å². The highest BCUT2D eigenvalue weighted by atomic mass is 127. The van der Waals surface area contributed by atoms with Gasteiger partial charge in [-0.25, -0.2) is 0 Å². The molecule has 2 fully saturated rings. The van der Waals surface area contributed by atoms with E-state index in [-0.39, 0.29) is 24.0 Å². The maximum atomic E-state index is 5.97. The Morgan fingerprint density at radius 1 is 1.19 bits per heavy atom. The van der Waals surface area contributed by atoms with Gasteiger partial charge in [0.1, 0.15) is 0 Å². The van der Waals surface area contributed by atoms with Crippen molar-refractivity contribution >= 4 is 29.9 Å². The summed E-state index contributed by atoms with van der Waals surface area (Å²) in [4.78, 5) is 9.76. The smallest absolute Gasteiger partial charge is 0.193 e. The molecule has 0 aromatic heterocycles. The third-order valence-electron chi connectivity index (χ3n) is 5.10. The van der Waals surface area contributed by atoms with Crippen molar-refractivity contribution in [2.45, 2.75) is 45.3 Å². The zero-order valence-electron chi connectivity index (χ0n) is 17.3. The lowest BCUT2D eigenvalue weighted by molar-refractivity contribution is 0.00977. The van der Waals surface area contributed by atoms with Crippen LogP contribution in [0.25, 0.3) is 0 Å². The lowest BCUT2D eigenvalue weighted by Crippen LogP contribution is -2.48. The van der Waals surface area contributed by atoms with E-state index in [4.69, 9.17) is 19.2 Å². The molecule has 160 valence electrons. The highest BCUT2D eigenvalue weighted by Crippen LogP contribution is 2.14. The number of halogens is 1. The van der Waals surface area contributed by atoms with Gasteiger partial charge in [0.25, 0.3) is 0 Å². The minimum absolute atomic E-state index is 0. The summed E-state index contributed by atoms with van der Waals surface area (Å²) in [5, 5.41) is 3.46. The first kappa shape index (κ1) is 24.9. The van der Waals surface area contributed by atoms with Gasteiger partial charge in [0.15, 0.2) is 5.96 Å². The molecule has 2 aliphatic rings. The van der Waals surface area contributed by atoms with Crippen molar-refractivity contribution in [3.8, 4) is 0 Å². The maximum Gasteiger partial charge on any atom is 0.193 e. The van der Waals surface area contributed by atoms with Crippen molar-refractivity contribution in [1.29, 1.82) is 0 Å². The van der Waals surface area contributed by atoms with Crippen molar-refractivity contribution in [1.82, 2.24) is 15.1 Å². The van der Waals surface area contributed by atoms with E-state index in [2.05, 4.69) is 29.0 Å². The first-order valence-electron chi connectivity index (χ1n) is 10.2. The zero-order valence-corrected chi connectivity index (χ0v) is 19.7. The van der Waals surface area contributed by atoms with Gasteiger partial charge in [0, 0.05) is 59.1 Å². The fourth-order valence-corrected chi connectivity index (χ4v) is 3.47. The second-order valence-electron chi connectivity index (χ2n) is 7.10. The lowest BCUT2D eigenvalue weighted by Gasteiger charge is -2.35. The first-order chi connectivity index (χ1) is 12.7. The molecule has 0 aromatic rings. The summed E-state index contributed by atoms with van der Waals surface area (Å²) >= 11 is 0. The quantitative estimate of drug-likeness (QED) is 0.227. The van der Waals surface area contributed by atoms with Crippen molar-refractivity contribution in [3.05, 3.63) is 0 Å². The minimum atomic E-state index is 0. The number of morpholine rings is 1. The van der Waals surface area contributed by atoms with Gasteiger partial charge in [-0.15, -0.1) is 24.0 Å². The van der Waals surface area contributed by atoms with Crippen LogP contribution in [0.4, 0.5) is 0 Å². The third-order valence-corrected chi connectivity index (χ3v) is 5.10. The SMILES string of the molecule is CCNC(=NCC(C)N1CCOCC1)N1CCC(OCCCOC)CC1.I. The molecule has 2 aliphatic heterocycles. The Morgan fingerprint density at radius 2 is 1.89 bits per heavy atom. The molecule has 1 atom stereocenters. The maximum absolute atomic E-state index is 5.97. The molecule has 27 heavy (non-hydrogen) atoms. The topological polar surface area (TPSA) is 58.6 Å². The molecule has 0 bridgehead atoms. The van der Waals surface area contributed by atoms with E-state index < -0.39 is 0 Å². The molecule has 8 heteroatoms. The van der Waals surface area contributed by atoms with Crippen LogP contribution in [-0.2, 0) is 14.2 Å². The summed E-state index contributed by atoms with van der Waals surface area (Å²) in [7, 11) is 1.74.